The van der Waals surface area contributed by atoms with E-state index in [4.69, 9.17) is 15.1 Å². The number of carboxylic acid groups (broad SMARTS) is 1. The van der Waals surface area contributed by atoms with E-state index in [1.165, 1.54) is 6.07 Å². The van der Waals surface area contributed by atoms with Crippen LogP contribution in [-0.2, 0) is 0 Å². The first-order chi connectivity index (χ1) is 9.51. The van der Waals surface area contributed by atoms with E-state index in [2.05, 4.69) is 15.9 Å². The molecule has 100 valence electrons. The Kier molecular flexibility index (Phi) is 4.06. The van der Waals surface area contributed by atoms with E-state index in [1.54, 1.807) is 37.3 Å². The zero-order valence-electron chi connectivity index (χ0n) is 10.6. The zero-order chi connectivity index (χ0) is 14.7. The number of hydrogen-bond acceptors (Lipinski definition) is 3. The third-order valence-corrected chi connectivity index (χ3v) is 3.37. The molecule has 0 spiro atoms. The van der Waals surface area contributed by atoms with Crippen molar-refractivity contribution in [3.63, 3.8) is 0 Å². The van der Waals surface area contributed by atoms with Crippen LogP contribution in [0.5, 0.6) is 11.5 Å². The van der Waals surface area contributed by atoms with Gasteiger partial charge in [0.2, 0.25) is 0 Å². The van der Waals surface area contributed by atoms with Crippen molar-refractivity contribution in [2.45, 2.75) is 6.92 Å². The predicted molar refractivity (Wildman–Crippen MR) is 77.1 cm³/mol. The number of nitrogens with zero attached hydrogens (tertiary/aromatic N) is 1. The minimum absolute atomic E-state index is 0.218. The van der Waals surface area contributed by atoms with Gasteiger partial charge < -0.3 is 9.84 Å². The largest absolute Gasteiger partial charge is 0.478 e. The summed E-state index contributed by atoms with van der Waals surface area (Å²) in [6.45, 7) is 1.78. The standard InChI is InChI=1S/C15H10BrNO3/c1-9-6-10(15(18)19)3-5-14(9)20-12-4-2-11(8-17)13(16)7-12/h2-7H,1H3,(H,18,19). The van der Waals surface area contributed by atoms with Gasteiger partial charge in [-0.05, 0) is 64.8 Å². The van der Waals surface area contributed by atoms with Gasteiger partial charge in [0.15, 0.2) is 0 Å². The van der Waals surface area contributed by atoms with E-state index < -0.39 is 5.97 Å². The molecular formula is C15H10BrNO3. The summed E-state index contributed by atoms with van der Waals surface area (Å²) >= 11 is 3.29. The third kappa shape index (κ3) is 2.98. The molecule has 0 aromatic heterocycles. The van der Waals surface area contributed by atoms with Crippen molar-refractivity contribution in [2.75, 3.05) is 0 Å². The highest BCUT2D eigenvalue weighted by molar-refractivity contribution is 9.10. The van der Waals surface area contributed by atoms with E-state index in [0.717, 1.165) is 5.56 Å². The number of nitriles is 1. The summed E-state index contributed by atoms with van der Waals surface area (Å²) in [5.41, 5.74) is 1.47. The predicted octanol–water partition coefficient (Wildman–Crippen LogP) is 4.12. The van der Waals surface area contributed by atoms with E-state index in [9.17, 15) is 4.79 Å². The molecule has 2 rings (SSSR count). The lowest BCUT2D eigenvalue weighted by molar-refractivity contribution is 0.0697. The molecule has 0 aliphatic carbocycles. The molecule has 0 atom stereocenters. The van der Waals surface area contributed by atoms with Gasteiger partial charge in [-0.1, -0.05) is 0 Å². The molecular weight excluding hydrogens is 322 g/mol. The summed E-state index contributed by atoms with van der Waals surface area (Å²) < 4.78 is 6.34. The Balaban J connectivity index is 2.29. The van der Waals surface area contributed by atoms with Crippen LogP contribution < -0.4 is 4.74 Å². The maximum absolute atomic E-state index is 10.9. The van der Waals surface area contributed by atoms with E-state index >= 15 is 0 Å². The molecule has 2 aromatic carbocycles. The van der Waals surface area contributed by atoms with Gasteiger partial charge in [0, 0.05) is 4.47 Å². The fraction of sp³-hybridized carbons (Fsp3) is 0.0667. The Morgan fingerprint density at radius 2 is 2.05 bits per heavy atom. The van der Waals surface area contributed by atoms with Gasteiger partial charge in [-0.2, -0.15) is 5.26 Å². The lowest BCUT2D eigenvalue weighted by Gasteiger charge is -2.10. The highest BCUT2D eigenvalue weighted by atomic mass is 79.9. The van der Waals surface area contributed by atoms with Crippen LogP contribution >= 0.6 is 15.9 Å². The Hall–Kier alpha value is -2.32. The second-order valence-electron chi connectivity index (χ2n) is 4.14. The Labute approximate surface area is 124 Å². The van der Waals surface area contributed by atoms with Crippen molar-refractivity contribution >= 4 is 21.9 Å². The smallest absolute Gasteiger partial charge is 0.335 e. The summed E-state index contributed by atoms with van der Waals surface area (Å²) in [5.74, 6) is 0.175. The van der Waals surface area contributed by atoms with Crippen LogP contribution in [0.3, 0.4) is 0 Å². The maximum atomic E-state index is 10.9. The van der Waals surface area contributed by atoms with Crippen molar-refractivity contribution in [3.05, 3.63) is 57.6 Å². The quantitative estimate of drug-likeness (QED) is 0.918. The molecule has 1 N–H and O–H groups in total. The number of carbonyl (C=O) groups is 1. The Morgan fingerprint density at radius 3 is 2.60 bits per heavy atom. The molecule has 0 heterocycles. The first kappa shape index (κ1) is 14.1. The number of halogens is 1. The van der Waals surface area contributed by atoms with Crippen molar-refractivity contribution < 1.29 is 14.6 Å². The van der Waals surface area contributed by atoms with Crippen LogP contribution in [0.2, 0.25) is 0 Å². The number of aromatic carboxylic acids is 1. The lowest BCUT2D eigenvalue weighted by Crippen LogP contribution is -1.97. The van der Waals surface area contributed by atoms with Crippen molar-refractivity contribution in [1.29, 1.82) is 5.26 Å². The van der Waals surface area contributed by atoms with Crippen LogP contribution in [0.15, 0.2) is 40.9 Å². The normalized spacial score (nSPS) is 9.85. The topological polar surface area (TPSA) is 70.3 Å². The van der Waals surface area contributed by atoms with Crippen molar-refractivity contribution in [1.82, 2.24) is 0 Å². The molecule has 0 aliphatic rings. The van der Waals surface area contributed by atoms with Crippen LogP contribution in [-0.4, -0.2) is 11.1 Å². The Bertz CT molecular complexity index is 720. The fourth-order valence-corrected chi connectivity index (χ4v) is 2.12. The second-order valence-corrected chi connectivity index (χ2v) is 5.00. The minimum Gasteiger partial charge on any atom is -0.478 e. The number of aryl methyl sites for hydroxylation is 1. The van der Waals surface area contributed by atoms with Gasteiger partial charge >= 0.3 is 5.97 Å². The zero-order valence-corrected chi connectivity index (χ0v) is 12.1. The highest BCUT2D eigenvalue weighted by Gasteiger charge is 2.08. The lowest BCUT2D eigenvalue weighted by atomic mass is 10.1. The van der Waals surface area contributed by atoms with E-state index in [-0.39, 0.29) is 5.56 Å². The summed E-state index contributed by atoms with van der Waals surface area (Å²) in [5, 5.41) is 17.8. The molecule has 20 heavy (non-hydrogen) atoms. The van der Waals surface area contributed by atoms with Gasteiger partial charge in [0.25, 0.3) is 0 Å². The van der Waals surface area contributed by atoms with Crippen LogP contribution in [0.4, 0.5) is 0 Å². The molecule has 2 aromatic rings. The summed E-state index contributed by atoms with van der Waals surface area (Å²) in [4.78, 5) is 10.9. The van der Waals surface area contributed by atoms with Crippen molar-refractivity contribution in [2.24, 2.45) is 0 Å². The summed E-state index contributed by atoms with van der Waals surface area (Å²) in [7, 11) is 0. The van der Waals surface area contributed by atoms with Gasteiger partial charge in [-0.3, -0.25) is 0 Å². The number of hydrogen-bond donors (Lipinski definition) is 1. The molecule has 5 heteroatoms. The Morgan fingerprint density at radius 1 is 1.30 bits per heavy atom. The monoisotopic (exact) mass is 331 g/mol. The average molecular weight is 332 g/mol. The minimum atomic E-state index is -0.972. The second kappa shape index (κ2) is 5.76. The SMILES string of the molecule is Cc1cc(C(=O)O)ccc1Oc1ccc(C#N)c(Br)c1. The van der Waals surface area contributed by atoms with E-state index in [0.29, 0.717) is 21.5 Å². The van der Waals surface area contributed by atoms with Gasteiger partial charge in [0.05, 0.1) is 11.1 Å². The van der Waals surface area contributed by atoms with Crippen LogP contribution in [0, 0.1) is 18.3 Å². The molecule has 0 saturated carbocycles. The molecule has 0 saturated heterocycles. The van der Waals surface area contributed by atoms with Gasteiger partial charge in [0.1, 0.15) is 17.6 Å². The number of benzene rings is 2. The molecule has 0 aliphatic heterocycles. The molecule has 4 nitrogen and oxygen atoms in total. The highest BCUT2D eigenvalue weighted by Crippen LogP contribution is 2.29. The molecule has 0 bridgehead atoms. The van der Waals surface area contributed by atoms with Crippen molar-refractivity contribution in [3.8, 4) is 17.6 Å². The third-order valence-electron chi connectivity index (χ3n) is 2.71. The number of rotatable bonds is 3. The molecule has 0 fully saturated rings. The van der Waals surface area contributed by atoms with Gasteiger partial charge in [-0.15, -0.1) is 0 Å². The fourth-order valence-electron chi connectivity index (χ4n) is 1.67. The van der Waals surface area contributed by atoms with Crippen LogP contribution in [0.1, 0.15) is 21.5 Å². The van der Waals surface area contributed by atoms with E-state index in [1.807, 2.05) is 6.07 Å². The van der Waals surface area contributed by atoms with Gasteiger partial charge in [-0.25, -0.2) is 4.79 Å². The first-order valence-corrected chi connectivity index (χ1v) is 6.52. The number of carboxylic acids is 1. The molecule has 0 radical (unpaired) electrons. The molecule has 0 amide bonds. The first-order valence-electron chi connectivity index (χ1n) is 5.72. The maximum Gasteiger partial charge on any atom is 0.335 e. The number of ether oxygens (including phenoxy) is 1. The average Bonchev–Trinajstić information content (AvgIpc) is 2.41. The summed E-state index contributed by atoms with van der Waals surface area (Å²) in [6, 6.07) is 11.7. The summed E-state index contributed by atoms with van der Waals surface area (Å²) in [6.07, 6.45) is 0. The molecule has 0 unspecified atom stereocenters. The van der Waals surface area contributed by atoms with Crippen LogP contribution in [0.25, 0.3) is 0 Å².